The Hall–Kier alpha value is -0.990. The van der Waals surface area contributed by atoms with Crippen molar-refractivity contribution in [1.82, 2.24) is 0 Å². The van der Waals surface area contributed by atoms with Gasteiger partial charge >= 0.3 is 5.97 Å². The number of carbonyl (C=O) groups is 1. The van der Waals surface area contributed by atoms with E-state index in [1.54, 1.807) is 18.2 Å². The van der Waals surface area contributed by atoms with Crippen molar-refractivity contribution in [2.45, 2.75) is 6.42 Å². The first-order valence-electron chi connectivity index (χ1n) is 4.49. The largest absolute Gasteiger partial charge is 0.462 e. The molecule has 2 rings (SSSR count). The van der Waals surface area contributed by atoms with E-state index in [1.807, 2.05) is 6.07 Å². The molecule has 0 unspecified atom stereocenters. The fraction of sp³-hybridized carbons (Fsp3) is 0.182. The molecule has 0 spiro atoms. The second kappa shape index (κ2) is 4.25. The number of cyclic esters (lactones) is 1. The van der Waals surface area contributed by atoms with Crippen molar-refractivity contribution in [1.29, 1.82) is 0 Å². The van der Waals surface area contributed by atoms with Crippen molar-refractivity contribution in [2.75, 3.05) is 6.61 Å². The molecule has 0 aromatic heterocycles. The molecule has 0 N–H and O–H groups in total. The van der Waals surface area contributed by atoms with Crippen LogP contribution in [0.5, 0.6) is 0 Å². The molecule has 1 heterocycles. The monoisotopic (exact) mass is 242 g/mol. The van der Waals surface area contributed by atoms with Crippen LogP contribution in [0.15, 0.2) is 23.8 Å². The van der Waals surface area contributed by atoms with Crippen LogP contribution in [0.25, 0.3) is 6.08 Å². The molecule has 1 aliphatic rings. The molecule has 1 aliphatic heterocycles. The van der Waals surface area contributed by atoms with Gasteiger partial charge < -0.3 is 4.74 Å². The molecular formula is C11H8Cl2O2. The lowest BCUT2D eigenvalue weighted by Crippen LogP contribution is -1.94. The molecule has 0 atom stereocenters. The molecule has 1 aromatic rings. The normalized spacial score (nSPS) is 18.3. The third-order valence-corrected chi connectivity index (χ3v) is 2.89. The Kier molecular flexibility index (Phi) is 2.98. The molecule has 2 nitrogen and oxygen atoms in total. The highest BCUT2D eigenvalue weighted by Crippen LogP contribution is 2.25. The second-order valence-corrected chi connectivity index (χ2v) is 4.04. The van der Waals surface area contributed by atoms with Gasteiger partial charge in [-0.3, -0.25) is 0 Å². The van der Waals surface area contributed by atoms with E-state index in [9.17, 15) is 4.79 Å². The number of hydrogen-bond donors (Lipinski definition) is 0. The summed E-state index contributed by atoms with van der Waals surface area (Å²) in [7, 11) is 0. The molecule has 0 amide bonds. The van der Waals surface area contributed by atoms with E-state index in [4.69, 9.17) is 27.9 Å². The van der Waals surface area contributed by atoms with Crippen LogP contribution in [0.2, 0.25) is 10.0 Å². The van der Waals surface area contributed by atoms with Crippen LogP contribution in [-0.2, 0) is 9.53 Å². The standard InChI is InChI=1S/C11H8Cl2O2/c12-9-2-1-7(6-10(9)13)5-8-3-4-15-11(8)14/h1-2,5-6H,3-4H2/b8-5+. The first-order chi connectivity index (χ1) is 7.16. The summed E-state index contributed by atoms with van der Waals surface area (Å²) in [5.41, 5.74) is 1.53. The Morgan fingerprint density at radius 2 is 2.07 bits per heavy atom. The molecule has 0 radical (unpaired) electrons. The Morgan fingerprint density at radius 3 is 2.67 bits per heavy atom. The highest BCUT2D eigenvalue weighted by atomic mass is 35.5. The fourth-order valence-corrected chi connectivity index (χ4v) is 1.69. The fourth-order valence-electron chi connectivity index (χ4n) is 1.38. The molecular weight excluding hydrogens is 235 g/mol. The maximum atomic E-state index is 11.2. The zero-order valence-electron chi connectivity index (χ0n) is 7.80. The van der Waals surface area contributed by atoms with Gasteiger partial charge in [-0.1, -0.05) is 29.3 Å². The maximum absolute atomic E-state index is 11.2. The highest BCUT2D eigenvalue weighted by Gasteiger charge is 2.18. The van der Waals surface area contributed by atoms with E-state index in [0.717, 1.165) is 5.56 Å². The van der Waals surface area contributed by atoms with Crippen molar-refractivity contribution in [3.05, 3.63) is 39.4 Å². The number of hydrogen-bond acceptors (Lipinski definition) is 2. The topological polar surface area (TPSA) is 26.3 Å². The van der Waals surface area contributed by atoms with E-state index in [-0.39, 0.29) is 5.97 Å². The van der Waals surface area contributed by atoms with Crippen LogP contribution in [0.4, 0.5) is 0 Å². The van der Waals surface area contributed by atoms with Crippen molar-refractivity contribution in [3.8, 4) is 0 Å². The Labute approximate surface area is 97.4 Å². The van der Waals surface area contributed by atoms with Gasteiger partial charge in [-0.25, -0.2) is 4.79 Å². The second-order valence-electron chi connectivity index (χ2n) is 3.23. The van der Waals surface area contributed by atoms with E-state index in [0.29, 0.717) is 28.6 Å². The summed E-state index contributed by atoms with van der Waals surface area (Å²) in [4.78, 5) is 11.2. The third-order valence-electron chi connectivity index (χ3n) is 2.15. The lowest BCUT2D eigenvalue weighted by atomic mass is 10.1. The molecule has 0 saturated carbocycles. The SMILES string of the molecule is O=C1OCC/C1=C\c1ccc(Cl)c(Cl)c1. The molecule has 0 bridgehead atoms. The van der Waals surface area contributed by atoms with Crippen molar-refractivity contribution in [3.63, 3.8) is 0 Å². The van der Waals surface area contributed by atoms with Crippen LogP contribution in [0, 0.1) is 0 Å². The minimum atomic E-state index is -0.249. The van der Waals surface area contributed by atoms with Gasteiger partial charge in [-0.15, -0.1) is 0 Å². The minimum absolute atomic E-state index is 0.249. The average Bonchev–Trinajstić information content (AvgIpc) is 2.59. The van der Waals surface area contributed by atoms with Gasteiger partial charge in [-0.05, 0) is 23.8 Å². The molecule has 0 aliphatic carbocycles. The van der Waals surface area contributed by atoms with Gasteiger partial charge in [0.2, 0.25) is 0 Å². The van der Waals surface area contributed by atoms with Gasteiger partial charge in [0.25, 0.3) is 0 Å². The highest BCUT2D eigenvalue weighted by molar-refractivity contribution is 6.42. The molecule has 15 heavy (non-hydrogen) atoms. The number of esters is 1. The van der Waals surface area contributed by atoms with Crippen LogP contribution >= 0.6 is 23.2 Å². The van der Waals surface area contributed by atoms with E-state index >= 15 is 0 Å². The lowest BCUT2D eigenvalue weighted by Gasteiger charge is -1.98. The first-order valence-corrected chi connectivity index (χ1v) is 5.25. The number of benzene rings is 1. The van der Waals surface area contributed by atoms with Crippen LogP contribution in [0.3, 0.4) is 0 Å². The molecule has 1 saturated heterocycles. The van der Waals surface area contributed by atoms with Crippen molar-refractivity contribution in [2.24, 2.45) is 0 Å². The summed E-state index contributed by atoms with van der Waals surface area (Å²) >= 11 is 11.6. The summed E-state index contributed by atoms with van der Waals surface area (Å²) in [6.07, 6.45) is 2.43. The summed E-state index contributed by atoms with van der Waals surface area (Å²) in [6, 6.07) is 5.24. The van der Waals surface area contributed by atoms with Crippen molar-refractivity contribution < 1.29 is 9.53 Å². The number of carbonyl (C=O) groups excluding carboxylic acids is 1. The Bertz CT molecular complexity index is 438. The average molecular weight is 243 g/mol. The zero-order chi connectivity index (χ0) is 10.8. The Morgan fingerprint density at radius 1 is 1.27 bits per heavy atom. The smallest absolute Gasteiger partial charge is 0.334 e. The van der Waals surface area contributed by atoms with Gasteiger partial charge in [0.1, 0.15) is 0 Å². The number of rotatable bonds is 1. The van der Waals surface area contributed by atoms with Gasteiger partial charge in [0.05, 0.1) is 16.7 Å². The minimum Gasteiger partial charge on any atom is -0.462 e. The zero-order valence-corrected chi connectivity index (χ0v) is 9.31. The first kappa shape index (κ1) is 10.5. The van der Waals surface area contributed by atoms with Crippen LogP contribution < -0.4 is 0 Å². The molecule has 1 fully saturated rings. The summed E-state index contributed by atoms with van der Waals surface area (Å²) in [5.74, 6) is -0.249. The van der Waals surface area contributed by atoms with Gasteiger partial charge in [0.15, 0.2) is 0 Å². The molecule has 78 valence electrons. The lowest BCUT2D eigenvalue weighted by molar-refractivity contribution is -0.134. The predicted molar refractivity (Wildman–Crippen MR) is 60.0 cm³/mol. The number of ether oxygens (including phenoxy) is 1. The predicted octanol–water partition coefficient (Wildman–Crippen LogP) is 3.32. The van der Waals surface area contributed by atoms with Crippen LogP contribution in [-0.4, -0.2) is 12.6 Å². The Balaban J connectivity index is 2.31. The molecule has 4 heteroatoms. The summed E-state index contributed by atoms with van der Waals surface area (Å²) < 4.78 is 4.83. The van der Waals surface area contributed by atoms with Gasteiger partial charge in [0, 0.05) is 12.0 Å². The maximum Gasteiger partial charge on any atom is 0.334 e. The summed E-state index contributed by atoms with van der Waals surface area (Å²) in [6.45, 7) is 0.464. The van der Waals surface area contributed by atoms with E-state index in [2.05, 4.69) is 0 Å². The molecule has 1 aromatic carbocycles. The van der Waals surface area contributed by atoms with Crippen molar-refractivity contribution >= 4 is 35.2 Å². The van der Waals surface area contributed by atoms with E-state index in [1.165, 1.54) is 0 Å². The van der Waals surface area contributed by atoms with E-state index < -0.39 is 0 Å². The third kappa shape index (κ3) is 2.33. The number of halogens is 2. The summed E-state index contributed by atoms with van der Waals surface area (Å²) in [5, 5.41) is 0.991. The van der Waals surface area contributed by atoms with Crippen LogP contribution in [0.1, 0.15) is 12.0 Å². The van der Waals surface area contributed by atoms with Gasteiger partial charge in [-0.2, -0.15) is 0 Å². The quantitative estimate of drug-likeness (QED) is 0.558.